The van der Waals surface area contributed by atoms with Crippen molar-refractivity contribution in [3.63, 3.8) is 0 Å². The third kappa shape index (κ3) is 1.53. The lowest BCUT2D eigenvalue weighted by atomic mass is 9.91. The fourth-order valence-electron chi connectivity index (χ4n) is 4.70. The van der Waals surface area contributed by atoms with Crippen LogP contribution in [-0.2, 0) is 4.74 Å². The molecule has 0 aromatic rings. The number of aliphatic hydroxyl groups excluding tert-OH is 1. The molecule has 2 heteroatoms. The van der Waals surface area contributed by atoms with Gasteiger partial charge in [0.25, 0.3) is 0 Å². The van der Waals surface area contributed by atoms with Gasteiger partial charge in [-0.1, -0.05) is 6.92 Å². The Hall–Kier alpha value is -0.0800. The molecular formula is C14H24O2. The average Bonchev–Trinajstić information content (AvgIpc) is 2.73. The van der Waals surface area contributed by atoms with Crippen molar-refractivity contribution in [2.45, 2.75) is 38.7 Å². The molecule has 6 unspecified atom stereocenters. The van der Waals surface area contributed by atoms with E-state index < -0.39 is 0 Å². The molecule has 0 aromatic carbocycles. The molecule has 0 aliphatic heterocycles. The zero-order valence-corrected chi connectivity index (χ0v) is 10.4. The number of hydrogen-bond donors (Lipinski definition) is 1. The van der Waals surface area contributed by atoms with Crippen molar-refractivity contribution < 1.29 is 9.84 Å². The van der Waals surface area contributed by atoms with Crippen LogP contribution in [0.3, 0.4) is 0 Å². The topological polar surface area (TPSA) is 29.5 Å². The van der Waals surface area contributed by atoms with Crippen LogP contribution >= 0.6 is 0 Å². The van der Waals surface area contributed by atoms with Gasteiger partial charge in [0, 0.05) is 13.7 Å². The molecule has 0 radical (unpaired) electrons. The van der Waals surface area contributed by atoms with Gasteiger partial charge in [0.05, 0.1) is 6.10 Å². The molecule has 3 aliphatic rings. The number of aliphatic hydroxyl groups is 1. The summed E-state index contributed by atoms with van der Waals surface area (Å²) in [5.74, 6) is 4.82. The summed E-state index contributed by atoms with van der Waals surface area (Å²) >= 11 is 0. The normalized spacial score (nSPS) is 47.8. The standard InChI is InChI=1S/C14H24O2/c1-8(5-6-16-2)14(15)13-11-9-3-4-10(7-9)12(11)13/h8-15H,3-7H2,1-2H3. The molecule has 0 aromatic heterocycles. The van der Waals surface area contributed by atoms with Crippen LogP contribution < -0.4 is 0 Å². The van der Waals surface area contributed by atoms with E-state index in [1.807, 2.05) is 0 Å². The van der Waals surface area contributed by atoms with Crippen molar-refractivity contribution in [1.82, 2.24) is 0 Å². The Labute approximate surface area is 98.4 Å². The fraction of sp³-hybridized carbons (Fsp3) is 1.00. The maximum absolute atomic E-state index is 10.4. The van der Waals surface area contributed by atoms with Gasteiger partial charge in [-0.15, -0.1) is 0 Å². The zero-order chi connectivity index (χ0) is 11.3. The summed E-state index contributed by atoms with van der Waals surface area (Å²) in [6.45, 7) is 2.97. The first-order chi connectivity index (χ1) is 7.74. The van der Waals surface area contributed by atoms with Gasteiger partial charge in [-0.25, -0.2) is 0 Å². The molecule has 3 saturated carbocycles. The Balaban J connectivity index is 1.56. The third-order valence-electron chi connectivity index (χ3n) is 5.55. The van der Waals surface area contributed by atoms with Crippen LogP contribution in [0.15, 0.2) is 0 Å². The quantitative estimate of drug-likeness (QED) is 0.776. The maximum Gasteiger partial charge on any atom is 0.0600 e. The van der Waals surface area contributed by atoms with Gasteiger partial charge in [-0.3, -0.25) is 0 Å². The highest BCUT2D eigenvalue weighted by atomic mass is 16.5. The molecule has 2 nitrogen and oxygen atoms in total. The van der Waals surface area contributed by atoms with E-state index in [4.69, 9.17) is 4.74 Å². The predicted molar refractivity (Wildman–Crippen MR) is 63.0 cm³/mol. The van der Waals surface area contributed by atoms with E-state index in [2.05, 4.69) is 6.92 Å². The fourth-order valence-corrected chi connectivity index (χ4v) is 4.70. The van der Waals surface area contributed by atoms with Crippen LogP contribution in [0, 0.1) is 35.5 Å². The highest BCUT2D eigenvalue weighted by molar-refractivity contribution is 5.14. The minimum Gasteiger partial charge on any atom is -0.393 e. The van der Waals surface area contributed by atoms with Gasteiger partial charge in [-0.05, 0) is 61.2 Å². The second kappa shape index (κ2) is 3.99. The van der Waals surface area contributed by atoms with Crippen molar-refractivity contribution in [2.24, 2.45) is 35.5 Å². The highest BCUT2D eigenvalue weighted by Gasteiger charge is 2.66. The van der Waals surface area contributed by atoms with Crippen LogP contribution in [0.2, 0.25) is 0 Å². The van der Waals surface area contributed by atoms with E-state index >= 15 is 0 Å². The summed E-state index contributed by atoms with van der Waals surface area (Å²) in [6, 6.07) is 0. The van der Waals surface area contributed by atoms with Crippen molar-refractivity contribution in [1.29, 1.82) is 0 Å². The van der Waals surface area contributed by atoms with E-state index in [1.165, 1.54) is 19.3 Å². The number of rotatable bonds is 5. The molecule has 0 spiro atoms. The van der Waals surface area contributed by atoms with Gasteiger partial charge in [0.1, 0.15) is 0 Å². The molecule has 0 saturated heterocycles. The Morgan fingerprint density at radius 1 is 1.25 bits per heavy atom. The number of hydrogen-bond acceptors (Lipinski definition) is 2. The first-order valence-corrected chi connectivity index (χ1v) is 6.91. The molecular weight excluding hydrogens is 200 g/mol. The van der Waals surface area contributed by atoms with Gasteiger partial charge >= 0.3 is 0 Å². The Morgan fingerprint density at radius 2 is 1.88 bits per heavy atom. The van der Waals surface area contributed by atoms with E-state index in [0.717, 1.165) is 36.7 Å². The Bertz CT molecular complexity index is 249. The monoisotopic (exact) mass is 224 g/mol. The molecule has 92 valence electrons. The molecule has 3 aliphatic carbocycles. The molecule has 1 N–H and O–H groups in total. The van der Waals surface area contributed by atoms with Crippen LogP contribution in [0.25, 0.3) is 0 Å². The number of methoxy groups -OCH3 is 1. The second-order valence-corrected chi connectivity index (χ2v) is 6.31. The second-order valence-electron chi connectivity index (χ2n) is 6.31. The van der Waals surface area contributed by atoms with Crippen LogP contribution in [0.1, 0.15) is 32.6 Å². The smallest absolute Gasteiger partial charge is 0.0600 e. The van der Waals surface area contributed by atoms with Gasteiger partial charge in [-0.2, -0.15) is 0 Å². The minimum atomic E-state index is -0.0615. The predicted octanol–water partition coefficient (Wildman–Crippen LogP) is 2.31. The van der Waals surface area contributed by atoms with Crippen LogP contribution in [-0.4, -0.2) is 24.9 Å². The van der Waals surface area contributed by atoms with E-state index in [9.17, 15) is 5.11 Å². The summed E-state index contributed by atoms with van der Waals surface area (Å²) in [5.41, 5.74) is 0. The Kier molecular flexibility index (Phi) is 2.75. The Morgan fingerprint density at radius 3 is 2.44 bits per heavy atom. The minimum absolute atomic E-state index is 0.0615. The van der Waals surface area contributed by atoms with E-state index in [0.29, 0.717) is 11.8 Å². The van der Waals surface area contributed by atoms with Crippen molar-refractivity contribution in [3.05, 3.63) is 0 Å². The average molecular weight is 224 g/mol. The van der Waals surface area contributed by atoms with Crippen molar-refractivity contribution in [2.75, 3.05) is 13.7 Å². The van der Waals surface area contributed by atoms with Gasteiger partial charge in [0.2, 0.25) is 0 Å². The van der Waals surface area contributed by atoms with E-state index in [-0.39, 0.29) is 6.10 Å². The molecule has 16 heavy (non-hydrogen) atoms. The van der Waals surface area contributed by atoms with Crippen LogP contribution in [0.4, 0.5) is 0 Å². The van der Waals surface area contributed by atoms with E-state index in [1.54, 1.807) is 7.11 Å². The molecule has 3 fully saturated rings. The zero-order valence-electron chi connectivity index (χ0n) is 10.4. The third-order valence-corrected chi connectivity index (χ3v) is 5.55. The molecule has 3 rings (SSSR count). The molecule has 0 amide bonds. The molecule has 6 atom stereocenters. The summed E-state index contributed by atoms with van der Waals surface area (Å²) in [7, 11) is 1.74. The lowest BCUT2D eigenvalue weighted by molar-refractivity contribution is 0.0578. The first kappa shape index (κ1) is 11.0. The molecule has 2 bridgehead atoms. The van der Waals surface area contributed by atoms with Gasteiger partial charge in [0.15, 0.2) is 0 Å². The number of fused-ring (bicyclic) bond motifs is 5. The first-order valence-electron chi connectivity index (χ1n) is 6.91. The van der Waals surface area contributed by atoms with Crippen LogP contribution in [0.5, 0.6) is 0 Å². The number of ether oxygens (including phenoxy) is 1. The van der Waals surface area contributed by atoms with Crippen molar-refractivity contribution in [3.8, 4) is 0 Å². The SMILES string of the molecule is COCCC(C)C(O)C1C2C3CCC(C3)C21. The lowest BCUT2D eigenvalue weighted by Crippen LogP contribution is -2.24. The highest BCUT2D eigenvalue weighted by Crippen LogP contribution is 2.70. The summed E-state index contributed by atoms with van der Waals surface area (Å²) in [4.78, 5) is 0. The van der Waals surface area contributed by atoms with Gasteiger partial charge < -0.3 is 9.84 Å². The summed E-state index contributed by atoms with van der Waals surface area (Å²) in [6.07, 6.45) is 5.31. The summed E-state index contributed by atoms with van der Waals surface area (Å²) in [5, 5.41) is 10.4. The largest absolute Gasteiger partial charge is 0.393 e. The maximum atomic E-state index is 10.4. The summed E-state index contributed by atoms with van der Waals surface area (Å²) < 4.78 is 5.10. The van der Waals surface area contributed by atoms with Crippen molar-refractivity contribution >= 4 is 0 Å². The molecule has 0 heterocycles. The lowest BCUT2D eigenvalue weighted by Gasteiger charge is -2.21.